The number of aromatic nitrogens is 1. The molecule has 36 heavy (non-hydrogen) atoms. The van der Waals surface area contributed by atoms with E-state index in [-0.39, 0.29) is 10.6 Å². The average molecular weight is 524 g/mol. The second-order valence-corrected chi connectivity index (χ2v) is 11.1. The second kappa shape index (κ2) is 9.47. The van der Waals surface area contributed by atoms with Crippen LogP contribution in [0.5, 0.6) is 0 Å². The molecular weight excluding hydrogens is 497 g/mol. The summed E-state index contributed by atoms with van der Waals surface area (Å²) in [5, 5.41) is 12.7. The summed E-state index contributed by atoms with van der Waals surface area (Å²) in [6, 6.07) is 2.12. The summed E-state index contributed by atoms with van der Waals surface area (Å²) in [6.45, 7) is 11.0. The first-order chi connectivity index (χ1) is 17.2. The average Bonchev–Trinajstić information content (AvgIpc) is 3.56. The maximum Gasteiger partial charge on any atom is 0.159 e. The number of nitrogens with two attached hydrogens (primary N) is 1. The number of ether oxygens (including phenoxy) is 1. The van der Waals surface area contributed by atoms with Crippen LogP contribution < -0.4 is 16.2 Å². The van der Waals surface area contributed by atoms with Crippen molar-refractivity contribution in [2.75, 3.05) is 18.8 Å². The lowest BCUT2D eigenvalue weighted by Crippen LogP contribution is -2.33. The maximum atomic E-state index is 14.7. The highest BCUT2D eigenvalue weighted by Gasteiger charge is 2.28. The zero-order valence-corrected chi connectivity index (χ0v) is 22.3. The minimum absolute atomic E-state index is 0.218. The maximum absolute atomic E-state index is 14.7. The number of nitrogen functional groups attached to an aromatic ring is 1. The third-order valence-electron chi connectivity index (χ3n) is 7.00. The first-order valence-electron chi connectivity index (χ1n) is 11.9. The van der Waals surface area contributed by atoms with E-state index in [0.717, 1.165) is 57.4 Å². The van der Waals surface area contributed by atoms with E-state index in [9.17, 15) is 9.65 Å². The van der Waals surface area contributed by atoms with Gasteiger partial charge in [-0.05, 0) is 44.2 Å². The van der Waals surface area contributed by atoms with Gasteiger partial charge in [-0.1, -0.05) is 24.1 Å². The van der Waals surface area contributed by atoms with Gasteiger partial charge in [0.2, 0.25) is 0 Å². The van der Waals surface area contributed by atoms with Crippen LogP contribution in [0.2, 0.25) is 5.02 Å². The fraction of sp³-hybridized carbons (Fsp3) is 0.370. The number of nitriles is 1. The first-order valence-corrected chi connectivity index (χ1v) is 13.1. The first kappa shape index (κ1) is 24.7. The third kappa shape index (κ3) is 3.96. The van der Waals surface area contributed by atoms with Crippen molar-refractivity contribution in [3.8, 4) is 17.3 Å². The van der Waals surface area contributed by atoms with Gasteiger partial charge in [0.05, 0.1) is 40.4 Å². The highest BCUT2D eigenvalue weighted by Crippen LogP contribution is 2.43. The van der Waals surface area contributed by atoms with Gasteiger partial charge in [-0.15, -0.1) is 11.3 Å². The Hall–Kier alpha value is -2.99. The second-order valence-electron chi connectivity index (χ2n) is 9.68. The topological polar surface area (TPSA) is 87.5 Å². The molecule has 3 aromatic rings. The molecule has 1 aromatic carbocycles. The lowest BCUT2D eigenvalue weighted by Gasteiger charge is -2.17. The number of halogens is 2. The van der Waals surface area contributed by atoms with E-state index in [4.69, 9.17) is 27.1 Å². The van der Waals surface area contributed by atoms with Crippen molar-refractivity contribution in [3.63, 3.8) is 0 Å². The summed E-state index contributed by atoms with van der Waals surface area (Å²) in [4.78, 5) is 11.6. The van der Waals surface area contributed by atoms with Gasteiger partial charge < -0.3 is 15.4 Å². The lowest BCUT2D eigenvalue weighted by atomic mass is 9.93. The minimum Gasteiger partial charge on any atom is -0.389 e. The Kier molecular flexibility index (Phi) is 6.50. The quantitative estimate of drug-likeness (QED) is 0.380. The summed E-state index contributed by atoms with van der Waals surface area (Å²) >= 11 is 8.18. The molecule has 0 saturated carbocycles. The zero-order valence-electron chi connectivity index (χ0n) is 20.7. The summed E-state index contributed by atoms with van der Waals surface area (Å²) < 4.78 is 20.9. The van der Waals surface area contributed by atoms with Crippen LogP contribution in [-0.2, 0) is 18.0 Å². The molecule has 6 nitrogen and oxygen atoms in total. The van der Waals surface area contributed by atoms with Gasteiger partial charge in [0.25, 0.3) is 0 Å². The van der Waals surface area contributed by atoms with E-state index in [2.05, 4.69) is 22.9 Å². The van der Waals surface area contributed by atoms with Gasteiger partial charge in [-0.25, -0.2) is 9.38 Å². The summed E-state index contributed by atoms with van der Waals surface area (Å²) in [5.74, 6) is 1.12. The molecule has 4 heterocycles. The van der Waals surface area contributed by atoms with E-state index in [0.29, 0.717) is 45.5 Å². The van der Waals surface area contributed by atoms with E-state index in [1.807, 2.05) is 27.0 Å². The molecule has 9 heteroatoms. The van der Waals surface area contributed by atoms with Crippen LogP contribution in [0.1, 0.15) is 50.8 Å². The number of rotatable bonds is 2. The molecule has 1 fully saturated rings. The number of benzene rings is 1. The standard InChI is InChI=1S/C27H27ClFN5OS/c1-13(2)21-17(8-32-15(4)34-6-5-14(3)10-34)18-11-35-12-19(18)22(24(21)28)25-23-16(7-30)27(31)36-26(23)20(29)9-33-25/h8-9,14H,5-6,10-12,31H2,1-4H3/b17-8-,32-15?. The van der Waals surface area contributed by atoms with Crippen LogP contribution in [0.3, 0.4) is 0 Å². The lowest BCUT2D eigenvalue weighted by molar-refractivity contribution is 0.134. The molecule has 2 aliphatic rings. The van der Waals surface area contributed by atoms with Crippen LogP contribution in [0, 0.1) is 23.1 Å². The van der Waals surface area contributed by atoms with Crippen LogP contribution in [0.4, 0.5) is 9.39 Å². The number of hydrogen-bond acceptors (Lipinski definition) is 6. The van der Waals surface area contributed by atoms with Gasteiger partial charge in [0, 0.05) is 40.7 Å². The third-order valence-corrected chi connectivity index (χ3v) is 8.40. The molecule has 2 aliphatic heterocycles. The van der Waals surface area contributed by atoms with Crippen molar-refractivity contribution < 1.29 is 9.13 Å². The number of nitrogens with zero attached hydrogens (tertiary/aromatic N) is 4. The van der Waals surface area contributed by atoms with Crippen molar-refractivity contribution in [2.24, 2.45) is 10.9 Å². The number of amidine groups is 1. The van der Waals surface area contributed by atoms with Gasteiger partial charge >= 0.3 is 0 Å². The Bertz CT molecular complexity index is 1600. The Morgan fingerprint density at radius 2 is 2.11 bits per heavy atom. The highest BCUT2D eigenvalue weighted by atomic mass is 35.5. The van der Waals surface area contributed by atoms with E-state index >= 15 is 0 Å². The smallest absolute Gasteiger partial charge is 0.159 e. The number of aliphatic imine (C=N–C) groups is 1. The van der Waals surface area contributed by atoms with E-state index in [1.165, 1.54) is 12.6 Å². The van der Waals surface area contributed by atoms with Crippen LogP contribution in [0.25, 0.3) is 33.1 Å². The number of anilines is 1. The highest BCUT2D eigenvalue weighted by molar-refractivity contribution is 7.23. The molecule has 0 amide bonds. The number of thiophene rings is 1. The number of hydrogen-bond donors (Lipinski definition) is 1. The van der Waals surface area contributed by atoms with Crippen molar-refractivity contribution in [3.05, 3.63) is 44.2 Å². The molecule has 2 N–H and O–H groups in total. The van der Waals surface area contributed by atoms with E-state index < -0.39 is 5.82 Å². The Balaban J connectivity index is 1.82. The Morgan fingerprint density at radius 3 is 2.78 bits per heavy atom. The largest absolute Gasteiger partial charge is 0.389 e. The predicted molar refractivity (Wildman–Crippen MR) is 145 cm³/mol. The van der Waals surface area contributed by atoms with Crippen LogP contribution >= 0.6 is 22.9 Å². The summed E-state index contributed by atoms with van der Waals surface area (Å²) in [7, 11) is 0. The summed E-state index contributed by atoms with van der Waals surface area (Å²) in [6.07, 6.45) is 4.22. The van der Waals surface area contributed by atoms with Crippen molar-refractivity contribution in [1.29, 1.82) is 5.26 Å². The van der Waals surface area contributed by atoms with Gasteiger partial charge in [0.1, 0.15) is 16.9 Å². The number of pyridine rings is 1. The molecule has 186 valence electrons. The minimum atomic E-state index is -0.513. The molecule has 0 aliphatic carbocycles. The molecule has 1 unspecified atom stereocenters. The fourth-order valence-electron chi connectivity index (χ4n) is 5.15. The van der Waals surface area contributed by atoms with Crippen molar-refractivity contribution in [2.45, 2.75) is 47.3 Å². The monoisotopic (exact) mass is 523 g/mol. The zero-order chi connectivity index (χ0) is 25.7. The van der Waals surface area contributed by atoms with Crippen molar-refractivity contribution >= 4 is 55.6 Å². The molecule has 0 bridgehead atoms. The number of likely N-dealkylation sites (tertiary alicyclic amines) is 1. The van der Waals surface area contributed by atoms with Gasteiger partial charge in [0.15, 0.2) is 5.82 Å². The molecule has 5 rings (SSSR count). The fourth-order valence-corrected chi connectivity index (χ4v) is 6.57. The molecule has 0 spiro atoms. The van der Waals surface area contributed by atoms with Crippen molar-refractivity contribution in [1.82, 2.24) is 9.88 Å². The normalized spacial score (nSPS) is 18.2. The van der Waals surface area contributed by atoms with E-state index in [1.54, 1.807) is 0 Å². The SMILES string of the molecule is CC(=N/C=c1/c2c(c(-c3ncc(F)c4sc(N)c(C#N)c34)c(Cl)c1=C(C)C)COC2)N1CCC(C)C1. The molecule has 1 saturated heterocycles. The van der Waals surface area contributed by atoms with Crippen LogP contribution in [-0.4, -0.2) is 28.8 Å². The van der Waals surface area contributed by atoms with Gasteiger partial charge in [-0.3, -0.25) is 4.98 Å². The van der Waals surface area contributed by atoms with Crippen LogP contribution in [0.15, 0.2) is 11.2 Å². The molecule has 0 radical (unpaired) electrons. The Morgan fingerprint density at radius 1 is 1.36 bits per heavy atom. The van der Waals surface area contributed by atoms with Gasteiger partial charge in [-0.2, -0.15) is 5.26 Å². The molecular formula is C27H27ClFN5OS. The molecule has 1 atom stereocenters. The summed E-state index contributed by atoms with van der Waals surface area (Å²) in [5.41, 5.74) is 10.3. The Labute approximate surface area is 218 Å². The molecule has 2 aromatic heterocycles. The predicted octanol–water partition coefficient (Wildman–Crippen LogP) is 4.93. The number of fused-ring (bicyclic) bond motifs is 2.